The number of pyridine rings is 1. The molecule has 0 amide bonds. The standard InChI is InChI=1S/C17H14F2N2/c18-13-6-3-5-12(17(13)19)10-14(20)16-9-8-11-4-1-2-7-15(11)21-16/h1-9,14H,10,20H2. The number of nitrogens with two attached hydrogens (primary N) is 1. The van der Waals surface area contributed by atoms with E-state index in [1.165, 1.54) is 6.07 Å². The molecule has 0 bridgehead atoms. The highest BCUT2D eigenvalue weighted by atomic mass is 19.2. The maximum Gasteiger partial charge on any atom is 0.162 e. The SMILES string of the molecule is NC(Cc1cccc(F)c1F)c1ccc2ccccc2n1. The fraction of sp³-hybridized carbons (Fsp3) is 0.118. The second-order valence-corrected chi connectivity index (χ2v) is 4.95. The maximum absolute atomic E-state index is 13.7. The van der Waals surface area contributed by atoms with Crippen molar-refractivity contribution < 1.29 is 8.78 Å². The number of hydrogen-bond acceptors (Lipinski definition) is 2. The Morgan fingerprint density at radius 2 is 1.76 bits per heavy atom. The van der Waals surface area contributed by atoms with Gasteiger partial charge in [0.2, 0.25) is 0 Å². The van der Waals surface area contributed by atoms with Crippen LogP contribution in [0.3, 0.4) is 0 Å². The van der Waals surface area contributed by atoms with Crippen LogP contribution in [-0.4, -0.2) is 4.98 Å². The topological polar surface area (TPSA) is 38.9 Å². The molecule has 0 aliphatic carbocycles. The van der Waals surface area contributed by atoms with Crippen molar-refractivity contribution in [1.82, 2.24) is 4.98 Å². The van der Waals surface area contributed by atoms with Gasteiger partial charge in [0, 0.05) is 5.39 Å². The lowest BCUT2D eigenvalue weighted by Crippen LogP contribution is -2.16. The highest BCUT2D eigenvalue weighted by Gasteiger charge is 2.14. The monoisotopic (exact) mass is 284 g/mol. The largest absolute Gasteiger partial charge is 0.322 e. The summed E-state index contributed by atoms with van der Waals surface area (Å²) in [6.07, 6.45) is 0.203. The zero-order valence-electron chi connectivity index (χ0n) is 11.3. The highest BCUT2D eigenvalue weighted by molar-refractivity contribution is 5.78. The lowest BCUT2D eigenvalue weighted by atomic mass is 10.0. The molecule has 21 heavy (non-hydrogen) atoms. The fourth-order valence-electron chi connectivity index (χ4n) is 2.34. The summed E-state index contributed by atoms with van der Waals surface area (Å²) in [5.41, 5.74) is 7.85. The van der Waals surface area contributed by atoms with E-state index in [1.54, 1.807) is 6.07 Å². The van der Waals surface area contributed by atoms with Crippen molar-refractivity contribution >= 4 is 10.9 Å². The molecule has 0 spiro atoms. The van der Waals surface area contributed by atoms with Crippen LogP contribution < -0.4 is 5.73 Å². The Morgan fingerprint density at radius 3 is 2.62 bits per heavy atom. The summed E-state index contributed by atoms with van der Waals surface area (Å²) in [5.74, 6) is -1.69. The van der Waals surface area contributed by atoms with Crippen molar-refractivity contribution in [1.29, 1.82) is 0 Å². The Kier molecular flexibility index (Phi) is 3.62. The Bertz CT molecular complexity index is 787. The summed E-state index contributed by atoms with van der Waals surface area (Å²) in [7, 11) is 0. The van der Waals surface area contributed by atoms with Gasteiger partial charge in [-0.3, -0.25) is 4.98 Å². The Hall–Kier alpha value is -2.33. The van der Waals surface area contributed by atoms with Crippen LogP contribution in [0.15, 0.2) is 54.6 Å². The molecule has 0 fully saturated rings. The normalized spacial score (nSPS) is 12.5. The fourth-order valence-corrected chi connectivity index (χ4v) is 2.34. The molecular formula is C17H14F2N2. The molecule has 1 aromatic heterocycles. The Morgan fingerprint density at radius 1 is 0.952 bits per heavy atom. The van der Waals surface area contributed by atoms with Gasteiger partial charge < -0.3 is 5.73 Å². The molecule has 0 aliphatic rings. The molecule has 1 atom stereocenters. The Labute approximate surface area is 121 Å². The number of rotatable bonds is 3. The summed E-state index contributed by atoms with van der Waals surface area (Å²) < 4.78 is 26.9. The quantitative estimate of drug-likeness (QED) is 0.795. The molecule has 3 rings (SSSR count). The van der Waals surface area contributed by atoms with Crippen LogP contribution in [0.25, 0.3) is 10.9 Å². The molecule has 0 saturated carbocycles. The third-order valence-electron chi connectivity index (χ3n) is 3.47. The lowest BCUT2D eigenvalue weighted by molar-refractivity contribution is 0.493. The first-order valence-corrected chi connectivity index (χ1v) is 6.69. The average molecular weight is 284 g/mol. The first-order chi connectivity index (χ1) is 10.1. The summed E-state index contributed by atoms with van der Waals surface area (Å²) in [5, 5.41) is 1.02. The Balaban J connectivity index is 1.89. The first-order valence-electron chi connectivity index (χ1n) is 6.69. The number of fused-ring (bicyclic) bond motifs is 1. The van der Waals surface area contributed by atoms with E-state index in [0.717, 1.165) is 17.0 Å². The molecule has 4 heteroatoms. The predicted molar refractivity (Wildman–Crippen MR) is 78.7 cm³/mol. The van der Waals surface area contributed by atoms with Gasteiger partial charge in [-0.25, -0.2) is 8.78 Å². The second-order valence-electron chi connectivity index (χ2n) is 4.95. The minimum absolute atomic E-state index is 0.203. The molecule has 106 valence electrons. The van der Waals surface area contributed by atoms with Crippen LogP contribution in [0.1, 0.15) is 17.3 Å². The van der Waals surface area contributed by atoms with E-state index in [2.05, 4.69) is 4.98 Å². The molecule has 0 radical (unpaired) electrons. The van der Waals surface area contributed by atoms with Crippen LogP contribution in [0.5, 0.6) is 0 Å². The average Bonchev–Trinajstić information content (AvgIpc) is 2.51. The van der Waals surface area contributed by atoms with Gasteiger partial charge in [0.25, 0.3) is 0 Å². The van der Waals surface area contributed by atoms with E-state index in [0.29, 0.717) is 5.69 Å². The number of para-hydroxylation sites is 1. The van der Waals surface area contributed by atoms with Gasteiger partial charge in [-0.05, 0) is 30.2 Å². The van der Waals surface area contributed by atoms with E-state index in [1.807, 2.05) is 36.4 Å². The van der Waals surface area contributed by atoms with E-state index in [4.69, 9.17) is 5.73 Å². The van der Waals surface area contributed by atoms with Gasteiger partial charge >= 0.3 is 0 Å². The van der Waals surface area contributed by atoms with Gasteiger partial charge in [0.1, 0.15) is 0 Å². The molecule has 2 aromatic carbocycles. The number of benzene rings is 2. The molecule has 3 aromatic rings. The van der Waals surface area contributed by atoms with E-state index in [-0.39, 0.29) is 12.0 Å². The van der Waals surface area contributed by atoms with Crippen molar-refractivity contribution in [3.8, 4) is 0 Å². The minimum Gasteiger partial charge on any atom is -0.322 e. The van der Waals surface area contributed by atoms with Crippen LogP contribution in [0, 0.1) is 11.6 Å². The van der Waals surface area contributed by atoms with Gasteiger partial charge in [0.15, 0.2) is 11.6 Å². The van der Waals surface area contributed by atoms with Gasteiger partial charge in [-0.15, -0.1) is 0 Å². The highest BCUT2D eigenvalue weighted by Crippen LogP contribution is 2.20. The minimum atomic E-state index is -0.855. The summed E-state index contributed by atoms with van der Waals surface area (Å²) in [6.45, 7) is 0. The van der Waals surface area contributed by atoms with Crippen molar-refractivity contribution in [2.24, 2.45) is 5.73 Å². The number of nitrogens with zero attached hydrogens (tertiary/aromatic N) is 1. The summed E-state index contributed by atoms with van der Waals surface area (Å²) in [6, 6.07) is 15.1. The van der Waals surface area contributed by atoms with Crippen LogP contribution in [0.4, 0.5) is 8.78 Å². The number of hydrogen-bond donors (Lipinski definition) is 1. The first kappa shape index (κ1) is 13.6. The molecule has 0 aliphatic heterocycles. The number of halogens is 2. The second kappa shape index (κ2) is 5.58. The van der Waals surface area contributed by atoms with Crippen molar-refractivity contribution in [3.63, 3.8) is 0 Å². The summed E-state index contributed by atoms with van der Waals surface area (Å²) in [4.78, 5) is 4.48. The molecule has 0 saturated heterocycles. The van der Waals surface area contributed by atoms with Crippen molar-refractivity contribution in [2.75, 3.05) is 0 Å². The third-order valence-corrected chi connectivity index (χ3v) is 3.47. The molecule has 2 nitrogen and oxygen atoms in total. The van der Waals surface area contributed by atoms with E-state index >= 15 is 0 Å². The van der Waals surface area contributed by atoms with Crippen molar-refractivity contribution in [3.05, 3.63) is 77.5 Å². The predicted octanol–water partition coefficient (Wildman–Crippen LogP) is 3.76. The van der Waals surface area contributed by atoms with Crippen LogP contribution in [-0.2, 0) is 6.42 Å². The third kappa shape index (κ3) is 2.76. The number of aromatic nitrogens is 1. The van der Waals surface area contributed by atoms with Crippen LogP contribution in [0.2, 0.25) is 0 Å². The smallest absolute Gasteiger partial charge is 0.162 e. The van der Waals surface area contributed by atoms with E-state index < -0.39 is 17.7 Å². The van der Waals surface area contributed by atoms with Crippen LogP contribution >= 0.6 is 0 Å². The zero-order chi connectivity index (χ0) is 14.8. The lowest BCUT2D eigenvalue weighted by Gasteiger charge is -2.13. The molecule has 1 unspecified atom stereocenters. The van der Waals surface area contributed by atoms with E-state index in [9.17, 15) is 8.78 Å². The zero-order valence-corrected chi connectivity index (χ0v) is 11.3. The van der Waals surface area contributed by atoms with Gasteiger partial charge in [0.05, 0.1) is 17.3 Å². The maximum atomic E-state index is 13.7. The summed E-state index contributed by atoms with van der Waals surface area (Å²) >= 11 is 0. The van der Waals surface area contributed by atoms with Gasteiger partial charge in [-0.1, -0.05) is 36.4 Å². The molecule has 2 N–H and O–H groups in total. The van der Waals surface area contributed by atoms with Crippen molar-refractivity contribution in [2.45, 2.75) is 12.5 Å². The van der Waals surface area contributed by atoms with Gasteiger partial charge in [-0.2, -0.15) is 0 Å². The molecule has 1 heterocycles. The molecular weight excluding hydrogens is 270 g/mol.